The Morgan fingerprint density at radius 3 is 1.68 bits per heavy atom. The van der Waals surface area contributed by atoms with Gasteiger partial charge >= 0.3 is 11.9 Å². The summed E-state index contributed by atoms with van der Waals surface area (Å²) in [6.45, 7) is 19.0. The molecule has 0 aliphatic carbocycles. The van der Waals surface area contributed by atoms with Gasteiger partial charge < -0.3 is 9.47 Å². The summed E-state index contributed by atoms with van der Waals surface area (Å²) in [7, 11) is 0. The third-order valence-electron chi connectivity index (χ3n) is 9.30. The van der Waals surface area contributed by atoms with Crippen molar-refractivity contribution in [2.75, 3.05) is 0 Å². The fraction of sp³-hybridized carbons (Fsp3) is 0.350. The van der Waals surface area contributed by atoms with Crippen molar-refractivity contribution in [1.29, 1.82) is 0 Å². The van der Waals surface area contributed by atoms with E-state index in [9.17, 15) is 9.59 Å². The summed E-state index contributed by atoms with van der Waals surface area (Å²) in [6, 6.07) is 29.8. The largest absolute Gasteiger partial charge is 0.456 e. The van der Waals surface area contributed by atoms with Gasteiger partial charge in [-0.15, -0.1) is 0 Å². The molecule has 0 bridgehead atoms. The van der Waals surface area contributed by atoms with Crippen molar-refractivity contribution in [2.45, 2.75) is 91.6 Å². The van der Waals surface area contributed by atoms with Crippen LogP contribution in [0.1, 0.15) is 115 Å². The average molecular weight is 591 g/mol. The molecule has 1 unspecified atom stereocenters. The molecule has 0 amide bonds. The highest BCUT2D eigenvalue weighted by Gasteiger charge is 2.33. The molecule has 0 aromatic heterocycles. The van der Waals surface area contributed by atoms with E-state index in [0.717, 1.165) is 17.5 Å². The molecule has 4 nitrogen and oxygen atoms in total. The first-order chi connectivity index (χ1) is 20.7. The molecule has 0 aliphatic rings. The molecule has 44 heavy (non-hydrogen) atoms. The summed E-state index contributed by atoms with van der Waals surface area (Å²) in [5.41, 5.74) is 6.90. The van der Waals surface area contributed by atoms with Crippen LogP contribution in [0.4, 0.5) is 0 Å². The molecule has 0 spiro atoms. The summed E-state index contributed by atoms with van der Waals surface area (Å²) in [5.74, 6) is -0.396. The Kier molecular flexibility index (Phi) is 9.53. The van der Waals surface area contributed by atoms with Gasteiger partial charge in [0.1, 0.15) is 11.4 Å². The van der Waals surface area contributed by atoms with Crippen molar-refractivity contribution in [2.24, 2.45) is 0 Å². The van der Waals surface area contributed by atoms with E-state index in [1.165, 1.54) is 22.3 Å². The molecule has 0 saturated heterocycles. The van der Waals surface area contributed by atoms with Gasteiger partial charge in [-0.05, 0) is 117 Å². The fourth-order valence-corrected chi connectivity index (χ4v) is 5.55. The minimum absolute atomic E-state index is 0.101. The van der Waals surface area contributed by atoms with Crippen molar-refractivity contribution in [3.63, 3.8) is 0 Å². The van der Waals surface area contributed by atoms with E-state index in [2.05, 4.69) is 89.2 Å². The number of carbonyl (C=O) groups excluding carboxylic acids is 2. The van der Waals surface area contributed by atoms with Crippen LogP contribution in [-0.2, 0) is 15.6 Å². The van der Waals surface area contributed by atoms with Crippen molar-refractivity contribution in [3.05, 3.63) is 136 Å². The first-order valence-electron chi connectivity index (χ1n) is 15.6. The first kappa shape index (κ1) is 32.7. The highest BCUT2D eigenvalue weighted by molar-refractivity contribution is 5.94. The minimum atomic E-state index is -0.552. The molecular weight excluding hydrogens is 544 g/mol. The van der Waals surface area contributed by atoms with Crippen LogP contribution in [0.5, 0.6) is 5.75 Å². The van der Waals surface area contributed by atoms with Gasteiger partial charge in [0.25, 0.3) is 0 Å². The maximum atomic E-state index is 13.1. The van der Waals surface area contributed by atoms with Gasteiger partial charge in [-0.25, -0.2) is 9.59 Å². The zero-order valence-corrected chi connectivity index (χ0v) is 27.7. The summed E-state index contributed by atoms with van der Waals surface area (Å²) in [6.07, 6.45) is 1.77. The zero-order valence-electron chi connectivity index (χ0n) is 27.7. The number of esters is 2. The van der Waals surface area contributed by atoms with E-state index in [4.69, 9.17) is 9.47 Å². The Hall–Kier alpha value is -4.18. The van der Waals surface area contributed by atoms with Gasteiger partial charge in [0.2, 0.25) is 0 Å². The van der Waals surface area contributed by atoms with Crippen LogP contribution < -0.4 is 4.74 Å². The number of benzene rings is 4. The Labute approximate surface area is 263 Å². The molecule has 4 heteroatoms. The highest BCUT2D eigenvalue weighted by atomic mass is 16.6. The molecular formula is C40H46O4. The minimum Gasteiger partial charge on any atom is -0.456 e. The number of rotatable bonds is 10. The molecule has 0 N–H and O–H groups in total. The predicted molar refractivity (Wildman–Crippen MR) is 179 cm³/mol. The normalized spacial score (nSPS) is 13.2. The van der Waals surface area contributed by atoms with E-state index in [-0.39, 0.29) is 5.41 Å². The predicted octanol–water partition coefficient (Wildman–Crippen LogP) is 9.91. The second kappa shape index (κ2) is 12.8. The maximum Gasteiger partial charge on any atom is 0.343 e. The summed E-state index contributed by atoms with van der Waals surface area (Å²) in [4.78, 5) is 25.6. The lowest BCUT2D eigenvalue weighted by Crippen LogP contribution is -2.27. The Morgan fingerprint density at radius 2 is 1.16 bits per heavy atom. The molecule has 230 valence electrons. The Morgan fingerprint density at radius 1 is 0.614 bits per heavy atom. The third-order valence-corrected chi connectivity index (χ3v) is 9.30. The lowest BCUT2D eigenvalue weighted by molar-refractivity contribution is -0.00246. The molecule has 0 radical (unpaired) electrons. The first-order valence-corrected chi connectivity index (χ1v) is 15.6. The summed E-state index contributed by atoms with van der Waals surface area (Å²) >= 11 is 0. The van der Waals surface area contributed by atoms with Crippen LogP contribution in [0.25, 0.3) is 0 Å². The lowest BCUT2D eigenvalue weighted by atomic mass is 9.69. The zero-order chi connectivity index (χ0) is 32.3. The van der Waals surface area contributed by atoms with Gasteiger partial charge in [0, 0.05) is 5.41 Å². The summed E-state index contributed by atoms with van der Waals surface area (Å²) < 4.78 is 11.4. The van der Waals surface area contributed by atoms with Crippen LogP contribution in [0.15, 0.2) is 91.0 Å². The molecule has 0 aliphatic heterocycles. The SMILES string of the molecule is CCC(C)(C)OC(=O)c1ccc(C(=O)Oc2ccc(C(C)(c3ccccc3)c3ccc(C(C)(C)CC)c(C)c3)cc2C)cc1. The molecule has 0 heterocycles. The number of carbonyl (C=O) groups is 2. The molecule has 0 fully saturated rings. The number of hydrogen-bond donors (Lipinski definition) is 0. The van der Waals surface area contributed by atoms with Crippen molar-refractivity contribution in [1.82, 2.24) is 0 Å². The fourth-order valence-electron chi connectivity index (χ4n) is 5.55. The van der Waals surface area contributed by atoms with Gasteiger partial charge in [-0.1, -0.05) is 88.4 Å². The Bertz CT molecular complexity index is 1630. The van der Waals surface area contributed by atoms with Crippen LogP contribution >= 0.6 is 0 Å². The average Bonchev–Trinajstić information content (AvgIpc) is 3.01. The van der Waals surface area contributed by atoms with Crippen molar-refractivity contribution >= 4 is 11.9 Å². The van der Waals surface area contributed by atoms with E-state index in [1.807, 2.05) is 39.8 Å². The van der Waals surface area contributed by atoms with Crippen LogP contribution in [0, 0.1) is 13.8 Å². The van der Waals surface area contributed by atoms with E-state index in [1.54, 1.807) is 24.3 Å². The molecule has 4 aromatic carbocycles. The van der Waals surface area contributed by atoms with Crippen molar-refractivity contribution in [3.8, 4) is 5.75 Å². The monoisotopic (exact) mass is 590 g/mol. The van der Waals surface area contributed by atoms with Crippen LogP contribution in [0.2, 0.25) is 0 Å². The molecule has 0 saturated carbocycles. The van der Waals surface area contributed by atoms with E-state index >= 15 is 0 Å². The second-order valence-electron chi connectivity index (χ2n) is 13.2. The molecule has 4 rings (SSSR count). The smallest absolute Gasteiger partial charge is 0.343 e. The topological polar surface area (TPSA) is 52.6 Å². The number of hydrogen-bond acceptors (Lipinski definition) is 4. The lowest BCUT2D eigenvalue weighted by Gasteiger charge is -2.34. The van der Waals surface area contributed by atoms with Gasteiger partial charge in [0.05, 0.1) is 11.1 Å². The van der Waals surface area contributed by atoms with Gasteiger partial charge in [0.15, 0.2) is 0 Å². The quantitative estimate of drug-likeness (QED) is 0.105. The second-order valence-corrected chi connectivity index (χ2v) is 13.2. The molecule has 1 atom stereocenters. The van der Waals surface area contributed by atoms with Crippen LogP contribution in [0.3, 0.4) is 0 Å². The standard InChI is InChI=1S/C40H46O4/c1-10-38(5,6)34-23-21-32(25-27(34)3)40(9,31-15-13-12-14-16-31)33-22-24-35(28(4)26-33)43-36(41)29-17-19-30(20-18-29)37(42)44-39(7,8)11-2/h12-26H,10-11H2,1-9H3. The summed E-state index contributed by atoms with van der Waals surface area (Å²) in [5, 5.41) is 0. The number of aryl methyl sites for hydroxylation is 2. The Balaban J connectivity index is 1.63. The van der Waals surface area contributed by atoms with Crippen LogP contribution in [-0.4, -0.2) is 17.5 Å². The maximum absolute atomic E-state index is 13.1. The van der Waals surface area contributed by atoms with Gasteiger partial charge in [-0.2, -0.15) is 0 Å². The van der Waals surface area contributed by atoms with Gasteiger partial charge in [-0.3, -0.25) is 0 Å². The van der Waals surface area contributed by atoms with E-state index < -0.39 is 23.0 Å². The van der Waals surface area contributed by atoms with E-state index in [0.29, 0.717) is 23.3 Å². The highest BCUT2D eigenvalue weighted by Crippen LogP contribution is 2.42. The third kappa shape index (κ3) is 6.80. The van der Waals surface area contributed by atoms with Crippen molar-refractivity contribution < 1.29 is 19.1 Å². The number of ether oxygens (including phenoxy) is 2. The molecule has 4 aromatic rings.